The van der Waals surface area contributed by atoms with Gasteiger partial charge in [0.1, 0.15) is 29.7 Å². The molecule has 1 aromatic heterocycles. The summed E-state index contributed by atoms with van der Waals surface area (Å²) in [7, 11) is 0. The molecule has 2 aromatic carbocycles. The Hall–Kier alpha value is -3.29. The van der Waals surface area contributed by atoms with Crippen LogP contribution in [0.2, 0.25) is 0 Å². The molecule has 1 amide bonds. The van der Waals surface area contributed by atoms with E-state index < -0.39 is 17.5 Å². The highest BCUT2D eigenvalue weighted by molar-refractivity contribution is 5.96. The summed E-state index contributed by atoms with van der Waals surface area (Å²) in [6.45, 7) is -0.0143. The summed E-state index contributed by atoms with van der Waals surface area (Å²) >= 11 is 0. The number of nitrogens with two attached hydrogens (primary N) is 1. The molecule has 3 rings (SSSR count). The number of halogens is 2. The Kier molecular flexibility index (Phi) is 4.19. The first-order valence-corrected chi connectivity index (χ1v) is 6.91. The number of H-pyrrole nitrogens is 1. The first-order valence-electron chi connectivity index (χ1n) is 6.91. The summed E-state index contributed by atoms with van der Waals surface area (Å²) in [5, 5.41) is 9.94. The number of aromatic amines is 1. The van der Waals surface area contributed by atoms with Crippen molar-refractivity contribution in [1.29, 1.82) is 0 Å². The average Bonchev–Trinajstić information content (AvgIpc) is 3.02. The zero-order chi connectivity index (χ0) is 17.1. The Bertz CT molecular complexity index is 875. The van der Waals surface area contributed by atoms with Gasteiger partial charge in [-0.15, -0.1) is 0 Å². The molecule has 0 saturated heterocycles. The van der Waals surface area contributed by atoms with Gasteiger partial charge in [-0.05, 0) is 29.8 Å². The second kappa shape index (κ2) is 6.45. The zero-order valence-corrected chi connectivity index (χ0v) is 12.3. The van der Waals surface area contributed by atoms with Gasteiger partial charge in [0.25, 0.3) is 5.91 Å². The highest BCUT2D eigenvalue weighted by Gasteiger charge is 2.15. The third-order valence-electron chi connectivity index (χ3n) is 3.22. The SMILES string of the molecule is NC(=O)c1n[nH]nc1-c1cccc(OCc2cc(F)cc(F)c2)c1. The molecule has 0 fully saturated rings. The number of benzene rings is 2. The summed E-state index contributed by atoms with van der Waals surface area (Å²) in [6.07, 6.45) is 0. The number of amides is 1. The summed E-state index contributed by atoms with van der Waals surface area (Å²) in [5.41, 5.74) is 6.47. The third kappa shape index (κ3) is 3.37. The quantitative estimate of drug-likeness (QED) is 0.751. The van der Waals surface area contributed by atoms with Crippen LogP contribution in [0.25, 0.3) is 11.3 Å². The molecule has 0 aliphatic carbocycles. The molecular weight excluding hydrogens is 318 g/mol. The van der Waals surface area contributed by atoms with Crippen molar-refractivity contribution in [3.63, 3.8) is 0 Å². The molecule has 3 aromatic rings. The summed E-state index contributed by atoms with van der Waals surface area (Å²) in [4.78, 5) is 11.3. The van der Waals surface area contributed by atoms with Gasteiger partial charge in [-0.3, -0.25) is 4.79 Å². The lowest BCUT2D eigenvalue weighted by atomic mass is 10.1. The van der Waals surface area contributed by atoms with E-state index >= 15 is 0 Å². The van der Waals surface area contributed by atoms with Crippen LogP contribution in [0, 0.1) is 11.6 Å². The number of aromatic nitrogens is 3. The molecule has 1 heterocycles. The van der Waals surface area contributed by atoms with Crippen LogP contribution in [-0.2, 0) is 6.61 Å². The van der Waals surface area contributed by atoms with Crippen molar-refractivity contribution in [2.45, 2.75) is 6.61 Å². The van der Waals surface area contributed by atoms with E-state index in [1.54, 1.807) is 24.3 Å². The number of ether oxygens (including phenoxy) is 1. The number of hydrogen-bond donors (Lipinski definition) is 2. The van der Waals surface area contributed by atoms with Gasteiger partial charge in [0.15, 0.2) is 5.69 Å². The number of primary amides is 1. The van der Waals surface area contributed by atoms with E-state index in [2.05, 4.69) is 15.4 Å². The fourth-order valence-corrected chi connectivity index (χ4v) is 2.20. The maximum atomic E-state index is 13.2. The Balaban J connectivity index is 1.80. The number of nitrogens with zero attached hydrogens (tertiary/aromatic N) is 2. The lowest BCUT2D eigenvalue weighted by molar-refractivity contribution is 0.0996. The first-order chi connectivity index (χ1) is 11.5. The Labute approximate surface area is 135 Å². The van der Waals surface area contributed by atoms with Gasteiger partial charge in [0.2, 0.25) is 0 Å². The molecule has 0 aliphatic heterocycles. The van der Waals surface area contributed by atoms with E-state index in [-0.39, 0.29) is 12.3 Å². The molecule has 0 saturated carbocycles. The predicted octanol–water partition coefficient (Wildman–Crippen LogP) is 2.43. The maximum absolute atomic E-state index is 13.2. The van der Waals surface area contributed by atoms with Crippen molar-refractivity contribution in [3.05, 3.63) is 65.4 Å². The summed E-state index contributed by atoms with van der Waals surface area (Å²) in [6, 6.07) is 9.87. The maximum Gasteiger partial charge on any atom is 0.271 e. The van der Waals surface area contributed by atoms with Crippen molar-refractivity contribution in [2.24, 2.45) is 5.73 Å². The molecule has 122 valence electrons. The molecule has 3 N–H and O–H groups in total. The molecule has 0 spiro atoms. The van der Waals surface area contributed by atoms with E-state index in [4.69, 9.17) is 10.5 Å². The van der Waals surface area contributed by atoms with Crippen LogP contribution < -0.4 is 10.5 Å². The largest absolute Gasteiger partial charge is 0.489 e. The van der Waals surface area contributed by atoms with E-state index in [9.17, 15) is 13.6 Å². The molecule has 0 atom stereocenters. The average molecular weight is 330 g/mol. The molecule has 24 heavy (non-hydrogen) atoms. The molecule has 0 radical (unpaired) electrons. The number of carbonyl (C=O) groups excluding carboxylic acids is 1. The fourth-order valence-electron chi connectivity index (χ4n) is 2.20. The van der Waals surface area contributed by atoms with Gasteiger partial charge in [-0.2, -0.15) is 15.4 Å². The van der Waals surface area contributed by atoms with Crippen LogP contribution in [0.4, 0.5) is 8.78 Å². The van der Waals surface area contributed by atoms with Gasteiger partial charge in [0.05, 0.1) is 0 Å². The van der Waals surface area contributed by atoms with E-state index in [1.807, 2.05) is 0 Å². The third-order valence-corrected chi connectivity index (χ3v) is 3.22. The van der Waals surface area contributed by atoms with Crippen molar-refractivity contribution in [1.82, 2.24) is 15.4 Å². The predicted molar refractivity (Wildman–Crippen MR) is 81.0 cm³/mol. The minimum absolute atomic E-state index is 0.0133. The molecule has 0 unspecified atom stereocenters. The highest BCUT2D eigenvalue weighted by atomic mass is 19.1. The van der Waals surface area contributed by atoms with Crippen molar-refractivity contribution in [2.75, 3.05) is 0 Å². The van der Waals surface area contributed by atoms with Gasteiger partial charge >= 0.3 is 0 Å². The van der Waals surface area contributed by atoms with Crippen LogP contribution in [0.3, 0.4) is 0 Å². The van der Waals surface area contributed by atoms with Crippen LogP contribution in [-0.4, -0.2) is 21.3 Å². The summed E-state index contributed by atoms with van der Waals surface area (Å²) < 4.78 is 31.9. The second-order valence-corrected chi connectivity index (χ2v) is 4.98. The number of carbonyl (C=O) groups is 1. The lowest BCUT2D eigenvalue weighted by Gasteiger charge is -2.08. The molecular formula is C16H12F2N4O2. The van der Waals surface area contributed by atoms with Gasteiger partial charge in [-0.1, -0.05) is 12.1 Å². The van der Waals surface area contributed by atoms with Crippen LogP contribution >= 0.6 is 0 Å². The molecule has 0 aliphatic rings. The first kappa shape index (κ1) is 15.6. The van der Waals surface area contributed by atoms with Crippen molar-refractivity contribution >= 4 is 5.91 Å². The monoisotopic (exact) mass is 330 g/mol. The van der Waals surface area contributed by atoms with E-state index in [0.717, 1.165) is 6.07 Å². The second-order valence-electron chi connectivity index (χ2n) is 4.98. The van der Waals surface area contributed by atoms with Crippen molar-refractivity contribution < 1.29 is 18.3 Å². The van der Waals surface area contributed by atoms with Crippen LogP contribution in [0.5, 0.6) is 5.75 Å². The van der Waals surface area contributed by atoms with Gasteiger partial charge < -0.3 is 10.5 Å². The van der Waals surface area contributed by atoms with Gasteiger partial charge in [-0.25, -0.2) is 8.78 Å². The molecule has 0 bridgehead atoms. The molecule has 8 heteroatoms. The number of nitrogens with one attached hydrogen (secondary N) is 1. The molecule has 6 nitrogen and oxygen atoms in total. The zero-order valence-electron chi connectivity index (χ0n) is 12.3. The fraction of sp³-hybridized carbons (Fsp3) is 0.0625. The van der Waals surface area contributed by atoms with E-state index in [1.165, 1.54) is 12.1 Å². The topological polar surface area (TPSA) is 93.9 Å². The number of rotatable bonds is 5. The lowest BCUT2D eigenvalue weighted by Crippen LogP contribution is -2.12. The normalized spacial score (nSPS) is 10.6. The van der Waals surface area contributed by atoms with E-state index in [0.29, 0.717) is 22.6 Å². The highest BCUT2D eigenvalue weighted by Crippen LogP contribution is 2.24. The van der Waals surface area contributed by atoms with Crippen LogP contribution in [0.15, 0.2) is 42.5 Å². The van der Waals surface area contributed by atoms with Crippen LogP contribution in [0.1, 0.15) is 16.1 Å². The number of hydrogen-bond acceptors (Lipinski definition) is 4. The van der Waals surface area contributed by atoms with Crippen molar-refractivity contribution in [3.8, 4) is 17.0 Å². The standard InChI is InChI=1S/C16H12F2N4O2/c17-11-4-9(5-12(18)7-11)8-24-13-3-1-2-10(6-13)14-15(16(19)23)21-22-20-14/h1-7H,8H2,(H2,19,23)(H,20,21,22). The Morgan fingerprint density at radius 2 is 1.88 bits per heavy atom. The summed E-state index contributed by atoms with van der Waals surface area (Å²) in [5.74, 6) is -1.61. The van der Waals surface area contributed by atoms with Gasteiger partial charge in [0, 0.05) is 11.6 Å². The minimum atomic E-state index is -0.708. The minimum Gasteiger partial charge on any atom is -0.489 e. The Morgan fingerprint density at radius 3 is 2.58 bits per heavy atom. The smallest absolute Gasteiger partial charge is 0.271 e. The Morgan fingerprint density at radius 1 is 1.12 bits per heavy atom.